The second kappa shape index (κ2) is 7.82. The molecule has 3 rings (SSSR count). The van der Waals surface area contributed by atoms with Crippen LogP contribution in [0.1, 0.15) is 11.4 Å². The Balaban J connectivity index is 1.62. The molecule has 0 bridgehead atoms. The Morgan fingerprint density at radius 3 is 2.56 bits per heavy atom. The molecule has 0 atom stereocenters. The number of aromatic hydroxyl groups is 2. The van der Waals surface area contributed by atoms with E-state index in [1.165, 1.54) is 6.07 Å². The van der Waals surface area contributed by atoms with E-state index in [9.17, 15) is 10.2 Å². The van der Waals surface area contributed by atoms with Crippen molar-refractivity contribution in [1.29, 1.82) is 0 Å². The predicted octanol–water partition coefficient (Wildman–Crippen LogP) is 2.34. The Labute approximate surface area is 158 Å². The minimum absolute atomic E-state index is 0.0492. The summed E-state index contributed by atoms with van der Waals surface area (Å²) in [5.41, 5.74) is 2.60. The molecule has 0 fully saturated rings. The number of aromatic nitrogens is 2. The molecule has 7 nitrogen and oxygen atoms in total. The topological polar surface area (TPSA) is 76.9 Å². The van der Waals surface area contributed by atoms with Gasteiger partial charge in [-0.15, -0.1) is 0 Å². The molecule has 0 amide bonds. The Hall–Kier alpha value is -3.48. The average Bonchev–Trinajstić information content (AvgIpc) is 2.97. The second-order valence-electron chi connectivity index (χ2n) is 6.36. The summed E-state index contributed by atoms with van der Waals surface area (Å²) < 4.78 is 4.01. The van der Waals surface area contributed by atoms with Crippen LogP contribution in [0.15, 0.2) is 60.0 Å². The van der Waals surface area contributed by atoms with Crippen molar-refractivity contribution in [1.82, 2.24) is 4.57 Å². The lowest BCUT2D eigenvalue weighted by Gasteiger charge is -2.14. The van der Waals surface area contributed by atoms with Gasteiger partial charge in [0.05, 0.1) is 19.8 Å². The minimum Gasteiger partial charge on any atom is -0.508 e. The highest BCUT2D eigenvalue weighted by atomic mass is 16.3. The zero-order valence-electron chi connectivity index (χ0n) is 15.7. The van der Waals surface area contributed by atoms with Crippen LogP contribution in [0.2, 0.25) is 0 Å². The summed E-state index contributed by atoms with van der Waals surface area (Å²) in [6.45, 7) is 0.462. The molecule has 0 aliphatic carbocycles. The van der Waals surface area contributed by atoms with Gasteiger partial charge in [0, 0.05) is 30.9 Å². The van der Waals surface area contributed by atoms with E-state index < -0.39 is 0 Å². The third-order valence-corrected chi connectivity index (χ3v) is 4.38. The van der Waals surface area contributed by atoms with Gasteiger partial charge >= 0.3 is 5.82 Å². The number of anilines is 2. The van der Waals surface area contributed by atoms with Gasteiger partial charge in [-0.2, -0.15) is 5.10 Å². The maximum absolute atomic E-state index is 9.84. The van der Waals surface area contributed by atoms with Crippen molar-refractivity contribution < 1.29 is 14.8 Å². The Kier molecular flexibility index (Phi) is 5.30. The molecule has 0 unspecified atom stereocenters. The van der Waals surface area contributed by atoms with Gasteiger partial charge < -0.3 is 15.5 Å². The molecular formula is C20H24N5O2+. The van der Waals surface area contributed by atoms with Gasteiger partial charge in [0.15, 0.2) is 0 Å². The molecule has 3 aromatic rings. The molecule has 2 aromatic carbocycles. The first-order valence-corrected chi connectivity index (χ1v) is 8.57. The van der Waals surface area contributed by atoms with Gasteiger partial charge in [-0.05, 0) is 36.4 Å². The lowest BCUT2D eigenvalue weighted by atomic mass is 10.2. The highest BCUT2D eigenvalue weighted by Crippen LogP contribution is 2.24. The van der Waals surface area contributed by atoms with Crippen molar-refractivity contribution >= 4 is 17.6 Å². The number of imidazole rings is 1. The molecule has 27 heavy (non-hydrogen) atoms. The number of hydrazone groups is 1. The van der Waals surface area contributed by atoms with Crippen LogP contribution in [0.4, 0.5) is 11.4 Å². The maximum atomic E-state index is 9.84. The number of phenols is 2. The van der Waals surface area contributed by atoms with Crippen LogP contribution in [0.25, 0.3) is 0 Å². The number of nitrogens with one attached hydrogen (secondary N) is 1. The number of hydrogen-bond acceptors (Lipinski definition) is 5. The summed E-state index contributed by atoms with van der Waals surface area (Å²) in [4.78, 5) is 0. The first kappa shape index (κ1) is 18.3. The monoisotopic (exact) mass is 366 g/mol. The Morgan fingerprint density at radius 2 is 1.93 bits per heavy atom. The second-order valence-corrected chi connectivity index (χ2v) is 6.36. The van der Waals surface area contributed by atoms with E-state index in [1.807, 2.05) is 78.2 Å². The van der Waals surface area contributed by atoms with Gasteiger partial charge in [0.2, 0.25) is 0 Å². The van der Waals surface area contributed by atoms with Crippen molar-refractivity contribution in [2.45, 2.75) is 6.54 Å². The molecule has 1 aromatic heterocycles. The zero-order chi connectivity index (χ0) is 19.4. The third kappa shape index (κ3) is 4.38. The number of aryl methyl sites for hydroxylation is 2. The molecule has 1 heterocycles. The summed E-state index contributed by atoms with van der Waals surface area (Å²) in [6, 6.07) is 12.4. The molecule has 140 valence electrons. The highest BCUT2D eigenvalue weighted by molar-refractivity contribution is 5.74. The van der Waals surface area contributed by atoms with E-state index in [0.29, 0.717) is 12.1 Å². The van der Waals surface area contributed by atoms with Crippen molar-refractivity contribution in [2.75, 3.05) is 17.4 Å². The Bertz CT molecular complexity index is 928. The van der Waals surface area contributed by atoms with Crippen molar-refractivity contribution in [3.63, 3.8) is 0 Å². The summed E-state index contributed by atoms with van der Waals surface area (Å²) in [6.07, 6.45) is 5.78. The van der Waals surface area contributed by atoms with Crippen LogP contribution >= 0.6 is 0 Å². The van der Waals surface area contributed by atoms with Gasteiger partial charge in [-0.3, -0.25) is 5.01 Å². The fourth-order valence-corrected chi connectivity index (χ4v) is 2.68. The fourth-order valence-electron chi connectivity index (χ4n) is 2.68. The molecule has 0 aliphatic heterocycles. The van der Waals surface area contributed by atoms with Gasteiger partial charge in [-0.25, -0.2) is 9.13 Å². The van der Waals surface area contributed by atoms with Crippen LogP contribution in [-0.4, -0.2) is 28.0 Å². The minimum atomic E-state index is 0.0492. The van der Waals surface area contributed by atoms with Crippen molar-refractivity contribution in [3.05, 3.63) is 66.2 Å². The van der Waals surface area contributed by atoms with Crippen LogP contribution < -0.4 is 14.9 Å². The van der Waals surface area contributed by atoms with Crippen LogP contribution in [0, 0.1) is 0 Å². The molecule has 0 aliphatic rings. The van der Waals surface area contributed by atoms with E-state index in [4.69, 9.17) is 0 Å². The number of hydrogen-bond donors (Lipinski definition) is 3. The van der Waals surface area contributed by atoms with Gasteiger partial charge in [-0.1, -0.05) is 0 Å². The van der Waals surface area contributed by atoms with E-state index in [-0.39, 0.29) is 11.5 Å². The predicted molar refractivity (Wildman–Crippen MR) is 106 cm³/mol. The standard InChI is InChI=1S/C20H23N5O2/c1-23-10-11-24(2)20(23)14-22-25(3)17-7-5-16(6-8-17)21-13-15-4-9-18(26)12-19(15)27/h4-12,14H,13H2,1-3H3,(H2-,21,22,26,27)/p+1. The maximum Gasteiger partial charge on any atom is 0.301 e. The largest absolute Gasteiger partial charge is 0.508 e. The number of nitrogens with zero attached hydrogens (tertiary/aromatic N) is 4. The first-order valence-electron chi connectivity index (χ1n) is 8.57. The molecule has 3 N–H and O–H groups in total. The van der Waals surface area contributed by atoms with E-state index in [0.717, 1.165) is 17.2 Å². The average molecular weight is 366 g/mol. The third-order valence-electron chi connectivity index (χ3n) is 4.38. The lowest BCUT2D eigenvalue weighted by molar-refractivity contribution is -0.671. The van der Waals surface area contributed by atoms with Crippen LogP contribution in [0.5, 0.6) is 11.5 Å². The molecule has 0 saturated heterocycles. The quantitative estimate of drug-likeness (QED) is 0.356. The van der Waals surface area contributed by atoms with Crippen LogP contribution in [0.3, 0.4) is 0 Å². The highest BCUT2D eigenvalue weighted by Gasteiger charge is 2.08. The zero-order valence-corrected chi connectivity index (χ0v) is 15.7. The Morgan fingerprint density at radius 1 is 1.19 bits per heavy atom. The molecular weight excluding hydrogens is 342 g/mol. The number of phenolic OH excluding ortho intramolecular Hbond substituents is 2. The number of benzene rings is 2. The van der Waals surface area contributed by atoms with Gasteiger partial charge in [0.25, 0.3) is 0 Å². The molecule has 7 heteroatoms. The van der Waals surface area contributed by atoms with Crippen molar-refractivity contribution in [2.24, 2.45) is 19.2 Å². The van der Waals surface area contributed by atoms with Crippen molar-refractivity contribution in [3.8, 4) is 11.5 Å². The normalized spacial score (nSPS) is 11.1. The SMILES string of the molecule is CN(/N=C/c1n(C)cc[n+]1C)c1ccc(NCc2ccc(O)cc2O)cc1. The number of rotatable bonds is 6. The van der Waals surface area contributed by atoms with Gasteiger partial charge in [0.1, 0.15) is 30.1 Å². The summed E-state index contributed by atoms with van der Waals surface area (Å²) in [5.74, 6) is 1.11. The van der Waals surface area contributed by atoms with E-state index in [2.05, 4.69) is 10.4 Å². The summed E-state index contributed by atoms with van der Waals surface area (Å²) >= 11 is 0. The smallest absolute Gasteiger partial charge is 0.301 e. The summed E-state index contributed by atoms with van der Waals surface area (Å²) in [5, 5.41) is 28.7. The van der Waals surface area contributed by atoms with E-state index >= 15 is 0 Å². The first-order chi connectivity index (χ1) is 12.9. The van der Waals surface area contributed by atoms with Crippen LogP contribution in [-0.2, 0) is 20.6 Å². The fraction of sp³-hybridized carbons (Fsp3) is 0.200. The lowest BCUT2D eigenvalue weighted by Crippen LogP contribution is -2.32. The van der Waals surface area contributed by atoms with E-state index in [1.54, 1.807) is 12.1 Å². The molecule has 0 radical (unpaired) electrons. The molecule has 0 saturated carbocycles. The molecule has 0 spiro atoms. The summed E-state index contributed by atoms with van der Waals surface area (Å²) in [7, 11) is 5.86.